The van der Waals surface area contributed by atoms with Gasteiger partial charge >= 0.3 is 0 Å². The second kappa shape index (κ2) is 6.66. The summed E-state index contributed by atoms with van der Waals surface area (Å²) in [5, 5.41) is 3.42. The van der Waals surface area contributed by atoms with Gasteiger partial charge in [-0.25, -0.2) is 8.78 Å². The van der Waals surface area contributed by atoms with Gasteiger partial charge in [-0.05, 0) is 43.7 Å². The van der Waals surface area contributed by atoms with Crippen molar-refractivity contribution >= 4 is 0 Å². The molecule has 0 aliphatic heterocycles. The molecule has 0 aromatic heterocycles. The van der Waals surface area contributed by atoms with Crippen LogP contribution in [0.25, 0.3) is 0 Å². The van der Waals surface area contributed by atoms with Crippen LogP contribution in [0.15, 0.2) is 18.2 Å². The second-order valence-electron chi connectivity index (χ2n) is 6.39. The summed E-state index contributed by atoms with van der Waals surface area (Å²) in [5.41, 5.74) is 0.166. The van der Waals surface area contributed by atoms with Gasteiger partial charge in [0, 0.05) is 17.6 Å². The highest BCUT2D eigenvalue weighted by molar-refractivity contribution is 5.22. The van der Waals surface area contributed by atoms with Gasteiger partial charge in [0.25, 0.3) is 0 Å². The van der Waals surface area contributed by atoms with E-state index < -0.39 is 11.6 Å². The zero-order valence-corrected chi connectivity index (χ0v) is 12.6. The van der Waals surface area contributed by atoms with Gasteiger partial charge in [-0.15, -0.1) is 0 Å². The molecule has 20 heavy (non-hydrogen) atoms. The van der Waals surface area contributed by atoms with Crippen LogP contribution in [0.3, 0.4) is 0 Å². The first-order chi connectivity index (χ1) is 9.49. The molecule has 1 N–H and O–H groups in total. The minimum absolute atomic E-state index is 0.166. The zero-order chi connectivity index (χ0) is 14.7. The maximum Gasteiger partial charge on any atom is 0.130 e. The van der Waals surface area contributed by atoms with E-state index >= 15 is 0 Å². The summed E-state index contributed by atoms with van der Waals surface area (Å²) in [7, 11) is 0. The maximum absolute atomic E-state index is 13.8. The largest absolute Gasteiger partial charge is 0.307 e. The molecule has 2 rings (SSSR count). The number of rotatable bonds is 4. The summed E-state index contributed by atoms with van der Waals surface area (Å²) in [6.07, 6.45) is 4.69. The first-order valence-electron chi connectivity index (χ1n) is 7.69. The summed E-state index contributed by atoms with van der Waals surface area (Å²) in [6, 6.07) is 4.15. The second-order valence-corrected chi connectivity index (χ2v) is 6.39. The Kier molecular flexibility index (Phi) is 5.14. The first-order valence-corrected chi connectivity index (χ1v) is 7.69. The molecular weight excluding hydrogens is 256 g/mol. The monoisotopic (exact) mass is 281 g/mol. The molecule has 1 aromatic carbocycles. The van der Waals surface area contributed by atoms with Crippen LogP contribution in [-0.2, 0) is 0 Å². The molecule has 0 heterocycles. The van der Waals surface area contributed by atoms with Crippen molar-refractivity contribution in [1.29, 1.82) is 0 Å². The van der Waals surface area contributed by atoms with Crippen LogP contribution < -0.4 is 5.32 Å². The maximum atomic E-state index is 13.8. The van der Waals surface area contributed by atoms with Crippen LogP contribution in [0, 0.1) is 23.5 Å². The molecule has 112 valence electrons. The number of hydrogen-bond acceptors (Lipinski definition) is 1. The quantitative estimate of drug-likeness (QED) is 0.833. The fraction of sp³-hybridized carbons (Fsp3) is 0.647. The van der Waals surface area contributed by atoms with Gasteiger partial charge in [0.15, 0.2) is 0 Å². The molecule has 3 atom stereocenters. The van der Waals surface area contributed by atoms with Gasteiger partial charge in [0.2, 0.25) is 0 Å². The van der Waals surface area contributed by atoms with Crippen LogP contribution in [-0.4, -0.2) is 6.04 Å². The zero-order valence-electron chi connectivity index (χ0n) is 12.6. The van der Waals surface area contributed by atoms with Gasteiger partial charge in [-0.3, -0.25) is 0 Å². The molecule has 1 aliphatic rings. The Balaban J connectivity index is 2.02. The molecule has 1 nitrogen and oxygen atoms in total. The van der Waals surface area contributed by atoms with Crippen molar-refractivity contribution < 1.29 is 8.78 Å². The number of nitrogens with one attached hydrogen (secondary N) is 1. The van der Waals surface area contributed by atoms with Gasteiger partial charge < -0.3 is 5.32 Å². The fourth-order valence-corrected chi connectivity index (χ4v) is 3.35. The Bertz CT molecular complexity index is 424. The van der Waals surface area contributed by atoms with E-state index in [2.05, 4.69) is 19.2 Å². The Morgan fingerprint density at radius 3 is 2.35 bits per heavy atom. The molecule has 0 spiro atoms. The molecule has 1 saturated carbocycles. The highest BCUT2D eigenvalue weighted by atomic mass is 19.1. The van der Waals surface area contributed by atoms with Crippen LogP contribution in [0.4, 0.5) is 8.78 Å². The Morgan fingerprint density at radius 1 is 1.10 bits per heavy atom. The van der Waals surface area contributed by atoms with Crippen molar-refractivity contribution in [3.8, 4) is 0 Å². The SMILES string of the molecule is CC(NC1CCCC(C(C)C)C1)c1c(F)cccc1F. The topological polar surface area (TPSA) is 12.0 Å². The van der Waals surface area contributed by atoms with E-state index in [1.54, 1.807) is 0 Å². The van der Waals surface area contributed by atoms with Gasteiger partial charge in [0.05, 0.1) is 0 Å². The molecule has 3 heteroatoms. The van der Waals surface area contributed by atoms with Gasteiger partial charge in [0.1, 0.15) is 11.6 Å². The normalized spacial score (nSPS) is 24.9. The van der Waals surface area contributed by atoms with Gasteiger partial charge in [-0.2, -0.15) is 0 Å². The van der Waals surface area contributed by atoms with Crippen molar-refractivity contribution in [2.24, 2.45) is 11.8 Å². The third-order valence-electron chi connectivity index (χ3n) is 4.58. The fourth-order valence-electron chi connectivity index (χ4n) is 3.35. The highest BCUT2D eigenvalue weighted by Gasteiger charge is 2.26. The summed E-state index contributed by atoms with van der Waals surface area (Å²) < 4.78 is 27.6. The van der Waals surface area contributed by atoms with Crippen LogP contribution in [0.2, 0.25) is 0 Å². The molecule has 3 unspecified atom stereocenters. The van der Waals surface area contributed by atoms with Gasteiger partial charge in [-0.1, -0.05) is 32.8 Å². The minimum Gasteiger partial charge on any atom is -0.307 e. The van der Waals surface area contributed by atoms with E-state index in [4.69, 9.17) is 0 Å². The van der Waals surface area contributed by atoms with Crippen molar-refractivity contribution in [3.05, 3.63) is 35.4 Å². The Morgan fingerprint density at radius 2 is 1.75 bits per heavy atom. The van der Waals surface area contributed by atoms with Crippen LogP contribution in [0.5, 0.6) is 0 Å². The van der Waals surface area contributed by atoms with E-state index in [1.807, 2.05) is 6.92 Å². The van der Waals surface area contributed by atoms with E-state index in [1.165, 1.54) is 31.0 Å². The predicted octanol–water partition coefficient (Wildman–Crippen LogP) is 4.83. The Labute approximate surface area is 120 Å². The van der Waals surface area contributed by atoms with Crippen LogP contribution >= 0.6 is 0 Å². The molecule has 0 radical (unpaired) electrons. The van der Waals surface area contributed by atoms with E-state index in [-0.39, 0.29) is 11.6 Å². The molecule has 0 saturated heterocycles. The lowest BCUT2D eigenvalue weighted by atomic mass is 9.79. The number of hydrogen-bond donors (Lipinski definition) is 1. The molecule has 0 amide bonds. The summed E-state index contributed by atoms with van der Waals surface area (Å²) in [5.74, 6) is 0.487. The Hall–Kier alpha value is -0.960. The van der Waals surface area contributed by atoms with E-state index in [0.29, 0.717) is 12.0 Å². The average molecular weight is 281 g/mol. The average Bonchev–Trinajstić information content (AvgIpc) is 2.38. The van der Waals surface area contributed by atoms with Crippen molar-refractivity contribution in [2.45, 2.75) is 58.5 Å². The summed E-state index contributed by atoms with van der Waals surface area (Å²) in [4.78, 5) is 0. The van der Waals surface area contributed by atoms with Crippen molar-refractivity contribution in [3.63, 3.8) is 0 Å². The third kappa shape index (κ3) is 3.57. The lowest BCUT2D eigenvalue weighted by Crippen LogP contribution is -2.37. The molecule has 0 bridgehead atoms. The summed E-state index contributed by atoms with van der Waals surface area (Å²) in [6.45, 7) is 6.36. The molecular formula is C17H25F2N. The first kappa shape index (κ1) is 15.4. The van der Waals surface area contributed by atoms with Crippen molar-refractivity contribution in [1.82, 2.24) is 5.32 Å². The highest BCUT2D eigenvalue weighted by Crippen LogP contribution is 2.31. The summed E-state index contributed by atoms with van der Waals surface area (Å²) >= 11 is 0. The lowest BCUT2D eigenvalue weighted by Gasteiger charge is -2.34. The minimum atomic E-state index is -0.457. The lowest BCUT2D eigenvalue weighted by molar-refractivity contribution is 0.221. The number of halogens is 2. The third-order valence-corrected chi connectivity index (χ3v) is 4.58. The van der Waals surface area contributed by atoms with E-state index in [0.717, 1.165) is 18.8 Å². The van der Waals surface area contributed by atoms with Crippen molar-refractivity contribution in [2.75, 3.05) is 0 Å². The smallest absolute Gasteiger partial charge is 0.130 e. The van der Waals surface area contributed by atoms with Crippen LogP contribution in [0.1, 0.15) is 58.1 Å². The molecule has 1 aliphatic carbocycles. The molecule has 1 fully saturated rings. The standard InChI is InChI=1S/C17H25F2N/c1-11(2)13-6-4-7-14(10-13)20-12(3)17-15(18)8-5-9-16(17)19/h5,8-9,11-14,20H,4,6-7,10H2,1-3H3. The molecule has 1 aromatic rings. The number of benzene rings is 1. The predicted molar refractivity (Wildman–Crippen MR) is 78.5 cm³/mol. The van der Waals surface area contributed by atoms with E-state index in [9.17, 15) is 8.78 Å².